The van der Waals surface area contributed by atoms with Gasteiger partial charge >= 0.3 is 0 Å². The van der Waals surface area contributed by atoms with Gasteiger partial charge in [-0.3, -0.25) is 0 Å². The molecule has 16 heavy (non-hydrogen) atoms. The maximum Gasteiger partial charge on any atom is 0.0749 e. The molecule has 2 aromatic rings. The van der Waals surface area contributed by atoms with E-state index in [1.54, 1.807) is 11.3 Å². The van der Waals surface area contributed by atoms with Crippen LogP contribution in [0.25, 0.3) is 11.1 Å². The van der Waals surface area contributed by atoms with Crippen LogP contribution < -0.4 is 5.73 Å². The first kappa shape index (κ1) is 11.8. The van der Waals surface area contributed by atoms with Gasteiger partial charge in [0.25, 0.3) is 0 Å². The first-order chi connectivity index (χ1) is 7.61. The van der Waals surface area contributed by atoms with Crippen molar-refractivity contribution >= 4 is 27.3 Å². The minimum absolute atomic E-state index is 0.576. The summed E-state index contributed by atoms with van der Waals surface area (Å²) in [6, 6.07) is 6.61. The highest BCUT2D eigenvalue weighted by Gasteiger charge is 2.10. The second-order valence-corrected chi connectivity index (χ2v) is 6.18. The number of hydrogen-bond acceptors (Lipinski definition) is 2. The Morgan fingerprint density at radius 1 is 1.19 bits per heavy atom. The van der Waals surface area contributed by atoms with Crippen molar-refractivity contribution in [2.75, 3.05) is 0 Å². The zero-order valence-electron chi connectivity index (χ0n) is 9.38. The average Bonchev–Trinajstić information content (AvgIpc) is 2.58. The van der Waals surface area contributed by atoms with E-state index in [0.29, 0.717) is 6.54 Å². The van der Waals surface area contributed by atoms with E-state index in [1.165, 1.54) is 27.8 Å². The van der Waals surface area contributed by atoms with Gasteiger partial charge in [0, 0.05) is 11.9 Å². The average molecular weight is 296 g/mol. The molecule has 2 N–H and O–H groups in total. The Balaban J connectivity index is 2.58. The van der Waals surface area contributed by atoms with Crippen LogP contribution in [0.5, 0.6) is 0 Å². The molecule has 0 aliphatic heterocycles. The minimum Gasteiger partial charge on any atom is -0.326 e. The Morgan fingerprint density at radius 2 is 1.81 bits per heavy atom. The highest BCUT2D eigenvalue weighted by molar-refractivity contribution is 9.11. The fraction of sp³-hybridized carbons (Fsp3) is 0.231. The molecule has 0 aliphatic rings. The van der Waals surface area contributed by atoms with Gasteiger partial charge in [-0.2, -0.15) is 0 Å². The van der Waals surface area contributed by atoms with Gasteiger partial charge in [-0.1, -0.05) is 29.3 Å². The molecule has 1 aromatic carbocycles. The van der Waals surface area contributed by atoms with Gasteiger partial charge in [0.05, 0.1) is 3.79 Å². The standard InChI is InChI=1S/C13H14BrNS/c1-8-3-9(2)5-10(4-8)12-7-16-13(14)11(12)6-15/h3-5,7H,6,15H2,1-2H3. The number of aryl methyl sites for hydroxylation is 2. The van der Waals surface area contributed by atoms with Crippen LogP contribution in [0, 0.1) is 13.8 Å². The fourth-order valence-corrected chi connectivity index (χ4v) is 3.41. The SMILES string of the molecule is Cc1cc(C)cc(-c2csc(Br)c2CN)c1. The first-order valence-electron chi connectivity index (χ1n) is 5.16. The van der Waals surface area contributed by atoms with Gasteiger partial charge in [0.15, 0.2) is 0 Å². The monoisotopic (exact) mass is 295 g/mol. The first-order valence-corrected chi connectivity index (χ1v) is 6.83. The van der Waals surface area contributed by atoms with Crippen molar-refractivity contribution in [3.63, 3.8) is 0 Å². The van der Waals surface area contributed by atoms with Crippen molar-refractivity contribution < 1.29 is 0 Å². The van der Waals surface area contributed by atoms with Crippen LogP contribution in [-0.2, 0) is 6.54 Å². The largest absolute Gasteiger partial charge is 0.326 e. The van der Waals surface area contributed by atoms with E-state index in [9.17, 15) is 0 Å². The summed E-state index contributed by atoms with van der Waals surface area (Å²) in [7, 11) is 0. The molecule has 0 amide bonds. The fourth-order valence-electron chi connectivity index (χ4n) is 1.92. The predicted octanol–water partition coefficient (Wildman–Crippen LogP) is 4.25. The van der Waals surface area contributed by atoms with E-state index in [-0.39, 0.29) is 0 Å². The van der Waals surface area contributed by atoms with E-state index >= 15 is 0 Å². The lowest BCUT2D eigenvalue weighted by Gasteiger charge is -2.06. The molecule has 0 radical (unpaired) electrons. The quantitative estimate of drug-likeness (QED) is 0.880. The molecule has 3 heteroatoms. The van der Waals surface area contributed by atoms with Crippen LogP contribution in [0.2, 0.25) is 0 Å². The number of halogens is 1. The van der Waals surface area contributed by atoms with Gasteiger partial charge in [0.1, 0.15) is 0 Å². The van der Waals surface area contributed by atoms with Gasteiger partial charge in [-0.25, -0.2) is 0 Å². The molecule has 2 rings (SSSR count). The minimum atomic E-state index is 0.576. The topological polar surface area (TPSA) is 26.0 Å². The number of thiophene rings is 1. The molecule has 1 heterocycles. The van der Waals surface area contributed by atoms with Gasteiger partial charge in [-0.15, -0.1) is 11.3 Å². The van der Waals surface area contributed by atoms with Crippen molar-refractivity contribution in [2.45, 2.75) is 20.4 Å². The summed E-state index contributed by atoms with van der Waals surface area (Å²) in [4.78, 5) is 0. The summed E-state index contributed by atoms with van der Waals surface area (Å²) < 4.78 is 1.14. The van der Waals surface area contributed by atoms with Crippen LogP contribution in [0.3, 0.4) is 0 Å². The van der Waals surface area contributed by atoms with Crippen LogP contribution in [-0.4, -0.2) is 0 Å². The maximum atomic E-state index is 5.79. The molecule has 0 unspecified atom stereocenters. The molecule has 0 saturated carbocycles. The Labute approximate surface area is 108 Å². The van der Waals surface area contributed by atoms with Crippen molar-refractivity contribution in [1.82, 2.24) is 0 Å². The van der Waals surface area contributed by atoms with Crippen molar-refractivity contribution in [1.29, 1.82) is 0 Å². The second-order valence-electron chi connectivity index (χ2n) is 3.98. The highest BCUT2D eigenvalue weighted by atomic mass is 79.9. The molecule has 0 spiro atoms. The molecule has 0 aliphatic carbocycles. The smallest absolute Gasteiger partial charge is 0.0749 e. The van der Waals surface area contributed by atoms with Crippen LogP contribution in [0.1, 0.15) is 16.7 Å². The molecule has 0 fully saturated rings. The van der Waals surface area contributed by atoms with Gasteiger partial charge in [0.2, 0.25) is 0 Å². The Bertz CT molecular complexity index is 496. The van der Waals surface area contributed by atoms with Crippen LogP contribution in [0.15, 0.2) is 27.4 Å². The van der Waals surface area contributed by atoms with Crippen molar-refractivity contribution in [3.05, 3.63) is 44.1 Å². The third-order valence-electron chi connectivity index (χ3n) is 2.58. The third kappa shape index (κ3) is 2.21. The molecular weight excluding hydrogens is 282 g/mol. The number of hydrogen-bond donors (Lipinski definition) is 1. The summed E-state index contributed by atoms with van der Waals surface area (Å²) in [5, 5.41) is 2.17. The summed E-state index contributed by atoms with van der Waals surface area (Å²) in [6.45, 7) is 4.83. The normalized spacial score (nSPS) is 10.8. The molecule has 0 bridgehead atoms. The third-order valence-corrected chi connectivity index (χ3v) is 4.43. The number of benzene rings is 1. The second kappa shape index (κ2) is 4.70. The lowest BCUT2D eigenvalue weighted by Crippen LogP contribution is -1.97. The number of nitrogens with two attached hydrogens (primary N) is 1. The zero-order valence-corrected chi connectivity index (χ0v) is 11.8. The van der Waals surface area contributed by atoms with E-state index in [0.717, 1.165) is 3.79 Å². The number of rotatable bonds is 2. The van der Waals surface area contributed by atoms with E-state index < -0.39 is 0 Å². The molecule has 1 aromatic heterocycles. The Hall–Kier alpha value is -0.640. The van der Waals surface area contributed by atoms with E-state index in [1.807, 2.05) is 0 Å². The maximum absolute atomic E-state index is 5.79. The molecule has 84 valence electrons. The van der Waals surface area contributed by atoms with E-state index in [4.69, 9.17) is 5.73 Å². The van der Waals surface area contributed by atoms with Gasteiger partial charge in [-0.05, 0) is 46.5 Å². The molecular formula is C13H14BrNS. The van der Waals surface area contributed by atoms with E-state index in [2.05, 4.69) is 53.4 Å². The summed E-state index contributed by atoms with van der Waals surface area (Å²) in [5.41, 5.74) is 12.1. The predicted molar refractivity (Wildman–Crippen MR) is 74.8 cm³/mol. The Morgan fingerprint density at radius 3 is 2.38 bits per heavy atom. The van der Waals surface area contributed by atoms with Crippen LogP contribution in [0.4, 0.5) is 0 Å². The molecule has 1 nitrogen and oxygen atoms in total. The van der Waals surface area contributed by atoms with Crippen molar-refractivity contribution in [2.24, 2.45) is 5.73 Å². The Kier molecular flexibility index (Phi) is 3.47. The molecule has 0 saturated heterocycles. The summed E-state index contributed by atoms with van der Waals surface area (Å²) >= 11 is 5.25. The molecule has 0 atom stereocenters. The lowest BCUT2D eigenvalue weighted by molar-refractivity contribution is 1.08. The van der Waals surface area contributed by atoms with Gasteiger partial charge < -0.3 is 5.73 Å². The van der Waals surface area contributed by atoms with Crippen molar-refractivity contribution in [3.8, 4) is 11.1 Å². The highest BCUT2D eigenvalue weighted by Crippen LogP contribution is 2.35. The van der Waals surface area contributed by atoms with Crippen LogP contribution >= 0.6 is 27.3 Å². The lowest BCUT2D eigenvalue weighted by atomic mass is 10.0. The zero-order chi connectivity index (χ0) is 11.7. The summed E-state index contributed by atoms with van der Waals surface area (Å²) in [5.74, 6) is 0. The summed E-state index contributed by atoms with van der Waals surface area (Å²) in [6.07, 6.45) is 0.